The Morgan fingerprint density at radius 3 is 1.73 bits per heavy atom. The molecule has 4 unspecified atom stereocenters. The zero-order valence-electron chi connectivity index (χ0n) is 43.4. The van der Waals surface area contributed by atoms with Gasteiger partial charge >= 0.3 is 0 Å². The highest BCUT2D eigenvalue weighted by molar-refractivity contribution is 7.01. The fraction of sp³-hybridized carbons (Fsp3) is 0.354. The average molecular weight is 932 g/mol. The zero-order chi connectivity index (χ0) is 48.3. The third-order valence-corrected chi connectivity index (χ3v) is 21.4. The number of nitrogens with zero attached hydrogens (tertiary/aromatic N) is 3. The van der Waals surface area contributed by atoms with Gasteiger partial charge in [0.05, 0.1) is 19.2 Å². The molecule has 4 aliphatic heterocycles. The van der Waals surface area contributed by atoms with Crippen LogP contribution in [0.15, 0.2) is 146 Å². The highest BCUT2D eigenvalue weighted by Gasteiger charge is 2.63. The zero-order valence-corrected chi connectivity index (χ0v) is 44.4. The molecule has 5 heteroatoms. The maximum Gasteiger partial charge on any atom is 0.252 e. The first-order valence-corrected chi connectivity index (χ1v) is 30.2. The molecule has 6 aliphatic rings. The number of rotatable bonds is 5. The third-order valence-electron chi connectivity index (χ3n) is 19.4. The van der Waals surface area contributed by atoms with E-state index < -0.39 is 8.07 Å². The highest BCUT2D eigenvalue weighted by atomic mass is 28.3. The summed E-state index contributed by atoms with van der Waals surface area (Å²) in [5.74, 6) is 0. The summed E-state index contributed by atoms with van der Waals surface area (Å²) in [4.78, 5) is 8.53. The lowest BCUT2D eigenvalue weighted by Gasteiger charge is -2.53. The summed E-state index contributed by atoms with van der Waals surface area (Å²) in [5.41, 5.74) is 23.3. The second-order valence-corrected chi connectivity index (χ2v) is 30.3. The van der Waals surface area contributed by atoms with Crippen LogP contribution in [0, 0.1) is 0 Å². The van der Waals surface area contributed by atoms with Gasteiger partial charge in [0.25, 0.3) is 6.71 Å². The fourth-order valence-electron chi connectivity index (χ4n) is 15.0. The van der Waals surface area contributed by atoms with Crippen molar-refractivity contribution in [3.8, 4) is 22.3 Å². The Hall–Kier alpha value is -5.78. The van der Waals surface area contributed by atoms with Crippen molar-refractivity contribution in [3.05, 3.63) is 162 Å². The Labute approximate surface area is 420 Å². The summed E-state index contributed by atoms with van der Waals surface area (Å²) >= 11 is 0. The van der Waals surface area contributed by atoms with Crippen LogP contribution in [0.3, 0.4) is 0 Å². The molecular weight excluding hydrogens is 862 g/mol. The van der Waals surface area contributed by atoms with Crippen LogP contribution in [0.5, 0.6) is 0 Å². The lowest BCUT2D eigenvalue weighted by molar-refractivity contribution is 0.194. The fourth-order valence-corrected chi connectivity index (χ4v) is 16.2. The van der Waals surface area contributed by atoms with Gasteiger partial charge < -0.3 is 14.7 Å². The number of anilines is 7. The van der Waals surface area contributed by atoms with Gasteiger partial charge in [0, 0.05) is 50.6 Å². The molecule has 4 heterocycles. The molecule has 7 aromatic carbocycles. The van der Waals surface area contributed by atoms with E-state index in [9.17, 15) is 0 Å². The molecule has 0 amide bonds. The van der Waals surface area contributed by atoms with Crippen LogP contribution < -0.4 is 36.3 Å². The Bertz CT molecular complexity index is 3290. The topological polar surface area (TPSA) is 9.72 Å². The number of benzene rings is 7. The minimum Gasteiger partial charge on any atom is -0.335 e. The van der Waals surface area contributed by atoms with Gasteiger partial charge in [-0.15, -0.1) is 0 Å². The van der Waals surface area contributed by atoms with Crippen molar-refractivity contribution in [2.75, 3.05) is 14.7 Å². The predicted molar refractivity (Wildman–Crippen MR) is 304 cm³/mol. The highest BCUT2D eigenvalue weighted by Crippen LogP contribution is 2.65. The minimum absolute atomic E-state index is 0.00693. The molecule has 3 nitrogen and oxygen atoms in total. The molecule has 2 aliphatic carbocycles. The quantitative estimate of drug-likeness (QED) is 0.159. The van der Waals surface area contributed by atoms with Gasteiger partial charge in [-0.1, -0.05) is 194 Å². The van der Waals surface area contributed by atoms with Gasteiger partial charge in [0.1, 0.15) is 0 Å². The van der Waals surface area contributed by atoms with E-state index in [2.05, 4.69) is 228 Å². The van der Waals surface area contributed by atoms with E-state index in [0.29, 0.717) is 0 Å². The standard InChI is InChI=1S/C65H70BN3Si/c1-61(2,3)47-29-31-55-51(38-47)62(4)32-17-19-34-64(62,6)68(55)49-39-57-59-58(40-49)69-60-52(63(5)33-18-20-35-65(63,69)7)41-50(70(8,9)10)42-54(60)66(59)53-30-28-46(44-24-15-12-16-25-44)37-56(53)67(57)48-27-21-26-45(36-48)43-22-13-11-14-23-43/h11-16,21-31,36-42H,17-20,32-35H2,1-10H3. The Kier molecular flexibility index (Phi) is 9.40. The molecule has 0 spiro atoms. The smallest absolute Gasteiger partial charge is 0.252 e. The lowest BCUT2D eigenvalue weighted by atomic mass is 9.33. The van der Waals surface area contributed by atoms with Crippen molar-refractivity contribution in [1.29, 1.82) is 0 Å². The Morgan fingerprint density at radius 1 is 0.471 bits per heavy atom. The molecule has 0 radical (unpaired) electrons. The third kappa shape index (κ3) is 5.94. The predicted octanol–water partition coefficient (Wildman–Crippen LogP) is 15.0. The van der Waals surface area contributed by atoms with Crippen LogP contribution in [0.25, 0.3) is 22.3 Å². The van der Waals surface area contributed by atoms with Gasteiger partial charge in [0.15, 0.2) is 0 Å². The summed E-state index contributed by atoms with van der Waals surface area (Å²) in [6.07, 6.45) is 9.82. The van der Waals surface area contributed by atoms with Crippen LogP contribution in [-0.4, -0.2) is 25.9 Å². The van der Waals surface area contributed by atoms with Gasteiger partial charge in [-0.05, 0) is 137 Å². The van der Waals surface area contributed by atoms with Gasteiger partial charge in [-0.2, -0.15) is 0 Å². The van der Waals surface area contributed by atoms with Crippen LogP contribution >= 0.6 is 0 Å². The normalized spacial score (nSPS) is 24.9. The van der Waals surface area contributed by atoms with E-state index in [4.69, 9.17) is 0 Å². The number of hydrogen-bond donors (Lipinski definition) is 0. The first kappa shape index (κ1) is 44.2. The molecule has 0 N–H and O–H groups in total. The Morgan fingerprint density at radius 2 is 1.07 bits per heavy atom. The van der Waals surface area contributed by atoms with Crippen molar-refractivity contribution < 1.29 is 0 Å². The molecular formula is C65H70BN3Si. The van der Waals surface area contributed by atoms with E-state index in [1.165, 1.54) is 135 Å². The molecule has 2 saturated carbocycles. The summed E-state index contributed by atoms with van der Waals surface area (Å²) in [6.45, 7) is 25.5. The van der Waals surface area contributed by atoms with Crippen molar-refractivity contribution in [2.45, 2.75) is 147 Å². The van der Waals surface area contributed by atoms with Crippen molar-refractivity contribution in [3.63, 3.8) is 0 Å². The van der Waals surface area contributed by atoms with E-state index >= 15 is 0 Å². The number of hydrogen-bond acceptors (Lipinski definition) is 3. The molecule has 352 valence electrons. The summed E-state index contributed by atoms with van der Waals surface area (Å²) in [5, 5.41) is 1.59. The average Bonchev–Trinajstić information content (AvgIpc) is 3.70. The summed E-state index contributed by atoms with van der Waals surface area (Å²) in [7, 11) is -1.76. The van der Waals surface area contributed by atoms with Crippen molar-refractivity contribution in [2.24, 2.45) is 0 Å². The molecule has 13 rings (SSSR count). The molecule has 0 saturated heterocycles. The molecule has 0 bridgehead atoms. The van der Waals surface area contributed by atoms with Crippen LogP contribution in [0.2, 0.25) is 19.6 Å². The molecule has 4 atom stereocenters. The van der Waals surface area contributed by atoms with E-state index in [0.717, 1.165) is 6.42 Å². The van der Waals surface area contributed by atoms with Crippen LogP contribution in [0.4, 0.5) is 39.8 Å². The largest absolute Gasteiger partial charge is 0.335 e. The molecule has 70 heavy (non-hydrogen) atoms. The van der Waals surface area contributed by atoms with Crippen molar-refractivity contribution >= 4 is 76.2 Å². The van der Waals surface area contributed by atoms with Gasteiger partial charge in [-0.25, -0.2) is 0 Å². The summed E-state index contributed by atoms with van der Waals surface area (Å²) < 4.78 is 0. The molecule has 2 fully saturated rings. The van der Waals surface area contributed by atoms with E-state index in [1.54, 1.807) is 10.8 Å². The van der Waals surface area contributed by atoms with E-state index in [1.807, 2.05) is 0 Å². The van der Waals surface area contributed by atoms with Gasteiger partial charge in [-0.3, -0.25) is 0 Å². The lowest BCUT2D eigenvalue weighted by Crippen LogP contribution is -2.65. The maximum absolute atomic E-state index is 2.97. The maximum atomic E-state index is 2.97. The van der Waals surface area contributed by atoms with E-state index in [-0.39, 0.29) is 34.0 Å². The second kappa shape index (κ2) is 14.9. The second-order valence-electron chi connectivity index (χ2n) is 25.2. The molecule has 7 aromatic rings. The SMILES string of the molecule is CC(C)(C)c1ccc2c(c1)C1(C)CCCCC1(C)N2c1cc2c3c(c1)N1c4c(cc([Si](C)(C)C)cc4C4(C)CCCCC14C)B3c1ccc(-c3ccccc3)cc1N2c1cccc(-c2ccccc2)c1. The van der Waals surface area contributed by atoms with Gasteiger partial charge in [0.2, 0.25) is 0 Å². The first-order chi connectivity index (χ1) is 33.4. The first-order valence-electron chi connectivity index (χ1n) is 26.7. The Balaban J connectivity index is 1.16. The number of fused-ring (bicyclic) bond motifs is 10. The summed E-state index contributed by atoms with van der Waals surface area (Å²) in [6, 6.07) is 57.3. The van der Waals surface area contributed by atoms with Crippen molar-refractivity contribution in [1.82, 2.24) is 0 Å². The van der Waals surface area contributed by atoms with Crippen LogP contribution in [-0.2, 0) is 16.2 Å². The van der Waals surface area contributed by atoms with Crippen LogP contribution in [0.1, 0.15) is 117 Å². The molecule has 0 aromatic heterocycles. The minimum atomic E-state index is -1.76. The monoisotopic (exact) mass is 932 g/mol.